The molecule has 1 aromatic carbocycles. The molecule has 2 aromatic rings. The first-order valence-electron chi connectivity index (χ1n) is 7.41. The summed E-state index contributed by atoms with van der Waals surface area (Å²) in [6, 6.07) is 6.60. The summed E-state index contributed by atoms with van der Waals surface area (Å²) in [5, 5.41) is 13.3. The number of halogens is 3. The van der Waals surface area contributed by atoms with Gasteiger partial charge < -0.3 is 4.74 Å². The Labute approximate surface area is 142 Å². The number of hydrogen-bond acceptors (Lipinski definition) is 4. The van der Waals surface area contributed by atoms with Gasteiger partial charge in [0.05, 0.1) is 19.2 Å². The van der Waals surface area contributed by atoms with Crippen LogP contribution in [0.3, 0.4) is 0 Å². The van der Waals surface area contributed by atoms with E-state index in [0.717, 1.165) is 11.6 Å². The monoisotopic (exact) mass is 351 g/mol. The second-order valence-electron chi connectivity index (χ2n) is 5.53. The van der Waals surface area contributed by atoms with Crippen LogP contribution in [0.15, 0.2) is 24.3 Å². The maximum Gasteiger partial charge on any atom is 0.410 e. The van der Waals surface area contributed by atoms with Crippen molar-refractivity contribution in [2.24, 2.45) is 0 Å². The maximum absolute atomic E-state index is 13.0. The lowest BCUT2D eigenvalue weighted by Gasteiger charge is -2.17. The normalized spacial score (nSPS) is 12.5. The fraction of sp³-hybridized carbons (Fsp3) is 0.353. The molecule has 1 unspecified atom stereocenters. The van der Waals surface area contributed by atoms with Crippen molar-refractivity contribution in [2.45, 2.75) is 32.5 Å². The first-order chi connectivity index (χ1) is 11.7. The molecule has 0 saturated carbocycles. The number of esters is 1. The Balaban J connectivity index is 2.43. The number of aromatic nitrogens is 2. The third kappa shape index (κ3) is 3.82. The lowest BCUT2D eigenvalue weighted by Crippen LogP contribution is -2.25. The van der Waals surface area contributed by atoms with Crippen molar-refractivity contribution in [3.63, 3.8) is 0 Å². The van der Waals surface area contributed by atoms with Crippen molar-refractivity contribution in [3.8, 4) is 17.3 Å². The minimum atomic E-state index is -4.47. The number of carbonyl (C=O) groups excluding carboxylic acids is 1. The molecule has 0 saturated heterocycles. The second-order valence-corrected chi connectivity index (χ2v) is 5.53. The van der Waals surface area contributed by atoms with Crippen LogP contribution in [-0.2, 0) is 16.0 Å². The van der Waals surface area contributed by atoms with Gasteiger partial charge in [0, 0.05) is 5.56 Å². The second kappa shape index (κ2) is 6.97. The summed E-state index contributed by atoms with van der Waals surface area (Å²) in [7, 11) is 1.28. The molecule has 1 atom stereocenters. The average molecular weight is 351 g/mol. The summed E-state index contributed by atoms with van der Waals surface area (Å²) < 4.78 is 44.3. The van der Waals surface area contributed by atoms with Crippen LogP contribution < -0.4 is 0 Å². The summed E-state index contributed by atoms with van der Waals surface area (Å²) in [6.45, 7) is 2.42. The Hall–Kier alpha value is -2.82. The molecule has 5 nitrogen and oxygen atoms in total. The van der Waals surface area contributed by atoms with Gasteiger partial charge in [-0.05, 0) is 19.4 Å². The molecule has 0 aliphatic heterocycles. The summed E-state index contributed by atoms with van der Waals surface area (Å²) in [4.78, 5) is 11.3. The van der Waals surface area contributed by atoms with E-state index < -0.39 is 18.2 Å². The molecule has 0 N–H and O–H groups in total. The van der Waals surface area contributed by atoms with E-state index >= 15 is 0 Å². The number of nitrogens with zero attached hydrogens (tertiary/aromatic N) is 3. The molecular formula is C17H16F3N3O2. The molecular weight excluding hydrogens is 335 g/mol. The van der Waals surface area contributed by atoms with Crippen LogP contribution in [0, 0.1) is 18.3 Å². The minimum Gasteiger partial charge on any atom is -0.469 e. The number of rotatable bonds is 4. The molecule has 1 aromatic heterocycles. The summed E-state index contributed by atoms with van der Waals surface area (Å²) in [5.74, 6) is -0.399. The van der Waals surface area contributed by atoms with Crippen LogP contribution in [0.2, 0.25) is 0 Å². The van der Waals surface area contributed by atoms with Gasteiger partial charge in [0.2, 0.25) is 0 Å². The quantitative estimate of drug-likeness (QED) is 0.790. The standard InChI is InChI=1S/C17H16F3N3O2/c1-10-14(9-21)16(22-23(10)11(2)17(18,19)20)13-6-4-12(5-7-13)8-15(24)25-3/h4-7,11H,8H2,1-3H3. The Bertz CT molecular complexity index is 817. The van der Waals surface area contributed by atoms with E-state index in [1.165, 1.54) is 14.0 Å². The van der Waals surface area contributed by atoms with Gasteiger partial charge in [-0.3, -0.25) is 9.48 Å². The van der Waals surface area contributed by atoms with E-state index in [9.17, 15) is 23.2 Å². The maximum atomic E-state index is 13.0. The van der Waals surface area contributed by atoms with Gasteiger partial charge in [0.15, 0.2) is 0 Å². The highest BCUT2D eigenvalue weighted by Gasteiger charge is 2.39. The van der Waals surface area contributed by atoms with Gasteiger partial charge in [-0.2, -0.15) is 23.5 Å². The molecule has 2 rings (SSSR count). The highest BCUT2D eigenvalue weighted by Crippen LogP contribution is 2.34. The molecule has 0 amide bonds. The number of alkyl halides is 3. The SMILES string of the molecule is COC(=O)Cc1ccc(-c2nn(C(C)C(F)(F)F)c(C)c2C#N)cc1. The van der Waals surface area contributed by atoms with Crippen molar-refractivity contribution >= 4 is 5.97 Å². The zero-order valence-electron chi connectivity index (χ0n) is 13.9. The van der Waals surface area contributed by atoms with Crippen LogP contribution in [0.1, 0.15) is 29.8 Å². The third-order valence-corrected chi connectivity index (χ3v) is 3.91. The van der Waals surface area contributed by atoms with Gasteiger partial charge >= 0.3 is 12.1 Å². The molecule has 0 spiro atoms. The Morgan fingerprint density at radius 1 is 1.36 bits per heavy atom. The predicted octanol–water partition coefficient (Wildman–Crippen LogP) is 3.57. The first-order valence-corrected chi connectivity index (χ1v) is 7.41. The molecule has 132 valence electrons. The number of methoxy groups -OCH3 is 1. The molecule has 0 bridgehead atoms. The van der Waals surface area contributed by atoms with E-state index in [0.29, 0.717) is 11.1 Å². The number of benzene rings is 1. The number of hydrogen-bond donors (Lipinski definition) is 0. The molecule has 1 heterocycles. The van der Waals surface area contributed by atoms with Gasteiger partial charge in [0.25, 0.3) is 0 Å². The highest BCUT2D eigenvalue weighted by atomic mass is 19.4. The van der Waals surface area contributed by atoms with Gasteiger partial charge in [-0.25, -0.2) is 0 Å². The largest absolute Gasteiger partial charge is 0.469 e. The molecule has 0 aliphatic rings. The number of ether oxygens (including phenoxy) is 1. The van der Waals surface area contributed by atoms with E-state index in [4.69, 9.17) is 0 Å². The zero-order valence-corrected chi connectivity index (χ0v) is 13.9. The summed E-state index contributed by atoms with van der Waals surface area (Å²) in [5.41, 5.74) is 1.62. The fourth-order valence-corrected chi connectivity index (χ4v) is 2.39. The third-order valence-electron chi connectivity index (χ3n) is 3.91. The minimum absolute atomic E-state index is 0.0838. The molecule has 25 heavy (non-hydrogen) atoms. The topological polar surface area (TPSA) is 67.9 Å². The molecule has 0 fully saturated rings. The predicted molar refractivity (Wildman–Crippen MR) is 83.6 cm³/mol. The van der Waals surface area contributed by atoms with Crippen molar-refractivity contribution in [2.75, 3.05) is 7.11 Å². The Kier molecular flexibility index (Phi) is 5.16. The van der Waals surface area contributed by atoms with Crippen molar-refractivity contribution in [3.05, 3.63) is 41.1 Å². The number of nitriles is 1. The first kappa shape index (κ1) is 18.5. The average Bonchev–Trinajstić information content (AvgIpc) is 2.90. The summed E-state index contributed by atoms with van der Waals surface area (Å²) >= 11 is 0. The smallest absolute Gasteiger partial charge is 0.410 e. The van der Waals surface area contributed by atoms with Gasteiger partial charge in [-0.1, -0.05) is 24.3 Å². The summed E-state index contributed by atoms with van der Waals surface area (Å²) in [6.07, 6.45) is -4.38. The number of carbonyl (C=O) groups is 1. The van der Waals surface area contributed by atoms with Crippen molar-refractivity contribution in [1.82, 2.24) is 9.78 Å². The van der Waals surface area contributed by atoms with Crippen molar-refractivity contribution in [1.29, 1.82) is 5.26 Å². The van der Waals surface area contributed by atoms with Crippen LogP contribution in [-0.4, -0.2) is 29.0 Å². The lowest BCUT2D eigenvalue weighted by atomic mass is 10.0. The van der Waals surface area contributed by atoms with Crippen molar-refractivity contribution < 1.29 is 22.7 Å². The van der Waals surface area contributed by atoms with Gasteiger partial charge in [0.1, 0.15) is 23.4 Å². The van der Waals surface area contributed by atoms with Crippen LogP contribution in [0.5, 0.6) is 0 Å². The van der Waals surface area contributed by atoms with E-state index in [2.05, 4.69) is 9.84 Å². The molecule has 0 aliphatic carbocycles. The fourth-order valence-electron chi connectivity index (χ4n) is 2.39. The van der Waals surface area contributed by atoms with E-state index in [1.807, 2.05) is 6.07 Å². The van der Waals surface area contributed by atoms with Crippen LogP contribution >= 0.6 is 0 Å². The molecule has 8 heteroatoms. The Morgan fingerprint density at radius 3 is 2.44 bits per heavy atom. The van der Waals surface area contributed by atoms with Gasteiger partial charge in [-0.15, -0.1) is 0 Å². The van der Waals surface area contributed by atoms with E-state index in [1.54, 1.807) is 24.3 Å². The molecule has 0 radical (unpaired) electrons. The van der Waals surface area contributed by atoms with Crippen LogP contribution in [0.4, 0.5) is 13.2 Å². The van der Waals surface area contributed by atoms with Crippen LogP contribution in [0.25, 0.3) is 11.3 Å². The highest BCUT2D eigenvalue weighted by molar-refractivity contribution is 5.73. The lowest BCUT2D eigenvalue weighted by molar-refractivity contribution is -0.165. The Morgan fingerprint density at radius 2 is 1.96 bits per heavy atom. The van der Waals surface area contributed by atoms with E-state index in [-0.39, 0.29) is 23.4 Å². The zero-order chi connectivity index (χ0) is 18.8.